The second-order valence-electron chi connectivity index (χ2n) is 5.08. The minimum atomic E-state index is -0.373. The Labute approximate surface area is 147 Å². The Balaban J connectivity index is 1.81. The predicted molar refractivity (Wildman–Crippen MR) is 97.2 cm³/mol. The van der Waals surface area contributed by atoms with Gasteiger partial charge >= 0.3 is 0 Å². The van der Waals surface area contributed by atoms with Crippen molar-refractivity contribution >= 4 is 33.2 Å². The number of furan rings is 1. The first-order valence-electron chi connectivity index (χ1n) is 7.17. The van der Waals surface area contributed by atoms with E-state index in [1.165, 1.54) is 7.11 Å². The lowest BCUT2D eigenvalue weighted by Crippen LogP contribution is -2.12. The number of halogens is 1. The molecule has 0 saturated heterocycles. The summed E-state index contributed by atoms with van der Waals surface area (Å²) < 4.78 is 11.8. The summed E-state index contributed by atoms with van der Waals surface area (Å²) in [6.45, 7) is 0. The van der Waals surface area contributed by atoms with Crippen molar-refractivity contribution in [2.24, 2.45) is 0 Å². The number of rotatable bonds is 4. The zero-order chi connectivity index (χ0) is 17.1. The Morgan fingerprint density at radius 2 is 1.88 bits per heavy atom. The normalized spacial score (nSPS) is 10.4. The van der Waals surface area contributed by atoms with Gasteiger partial charge in [-0.1, -0.05) is 28.1 Å². The highest BCUT2D eigenvalue weighted by Gasteiger charge is 2.14. The van der Waals surface area contributed by atoms with Crippen molar-refractivity contribution in [2.75, 3.05) is 18.2 Å². The maximum absolute atomic E-state index is 12.4. The molecule has 1 heterocycles. The van der Waals surface area contributed by atoms with Crippen LogP contribution in [0.15, 0.2) is 63.5 Å². The van der Waals surface area contributed by atoms with E-state index in [1.54, 1.807) is 30.3 Å². The molecule has 0 spiro atoms. The van der Waals surface area contributed by atoms with Gasteiger partial charge in [-0.2, -0.15) is 0 Å². The Bertz CT molecular complexity index is 872. The van der Waals surface area contributed by atoms with Crippen molar-refractivity contribution in [2.45, 2.75) is 0 Å². The number of ether oxygens (including phenoxy) is 1. The van der Waals surface area contributed by atoms with Gasteiger partial charge in [0.2, 0.25) is 0 Å². The number of carbonyl (C=O) groups excluding carboxylic acids is 1. The van der Waals surface area contributed by atoms with Crippen molar-refractivity contribution in [3.8, 4) is 17.1 Å². The first kappa shape index (κ1) is 16.1. The van der Waals surface area contributed by atoms with Crippen molar-refractivity contribution in [3.63, 3.8) is 0 Å². The maximum atomic E-state index is 12.4. The van der Waals surface area contributed by atoms with Gasteiger partial charge in [0.15, 0.2) is 5.76 Å². The van der Waals surface area contributed by atoms with Gasteiger partial charge in [0.25, 0.3) is 5.91 Å². The number of nitrogen functional groups attached to an aromatic ring is 1. The summed E-state index contributed by atoms with van der Waals surface area (Å²) in [7, 11) is 1.53. The smallest absolute Gasteiger partial charge is 0.291 e. The number of nitrogens with one attached hydrogen (secondary N) is 1. The molecule has 5 nitrogen and oxygen atoms in total. The zero-order valence-corrected chi connectivity index (χ0v) is 14.5. The van der Waals surface area contributed by atoms with Crippen LogP contribution in [0.3, 0.4) is 0 Å². The highest BCUT2D eigenvalue weighted by Crippen LogP contribution is 2.28. The molecule has 0 saturated carbocycles. The second kappa shape index (κ2) is 6.80. The van der Waals surface area contributed by atoms with Crippen molar-refractivity contribution in [3.05, 3.63) is 64.8 Å². The van der Waals surface area contributed by atoms with Gasteiger partial charge in [-0.15, -0.1) is 0 Å². The molecule has 24 heavy (non-hydrogen) atoms. The van der Waals surface area contributed by atoms with Crippen LogP contribution in [-0.4, -0.2) is 13.0 Å². The summed E-state index contributed by atoms with van der Waals surface area (Å²) >= 11 is 3.39. The summed E-state index contributed by atoms with van der Waals surface area (Å²) in [5.74, 6) is 0.976. The topological polar surface area (TPSA) is 77.5 Å². The molecule has 6 heteroatoms. The average Bonchev–Trinajstić information content (AvgIpc) is 3.06. The molecule has 1 aromatic heterocycles. The van der Waals surface area contributed by atoms with E-state index in [1.807, 2.05) is 24.3 Å². The Hall–Kier alpha value is -2.73. The molecule has 0 aliphatic carbocycles. The maximum Gasteiger partial charge on any atom is 0.291 e. The van der Waals surface area contributed by atoms with E-state index in [-0.39, 0.29) is 11.7 Å². The molecule has 3 N–H and O–H groups in total. The number of carbonyl (C=O) groups is 1. The quantitative estimate of drug-likeness (QED) is 0.644. The third-order valence-corrected chi connectivity index (χ3v) is 3.96. The predicted octanol–water partition coefficient (Wildman–Crippen LogP) is 4.55. The Kier molecular flexibility index (Phi) is 4.57. The van der Waals surface area contributed by atoms with E-state index < -0.39 is 0 Å². The van der Waals surface area contributed by atoms with Crippen LogP contribution >= 0.6 is 15.9 Å². The third-order valence-electron chi connectivity index (χ3n) is 3.43. The van der Waals surface area contributed by atoms with Crippen molar-refractivity contribution in [1.82, 2.24) is 0 Å². The summed E-state index contributed by atoms with van der Waals surface area (Å²) in [6.07, 6.45) is 0. The van der Waals surface area contributed by atoms with Crippen LogP contribution in [-0.2, 0) is 0 Å². The van der Waals surface area contributed by atoms with E-state index in [2.05, 4.69) is 21.2 Å². The molecular weight excluding hydrogens is 372 g/mol. The van der Waals surface area contributed by atoms with Gasteiger partial charge in [-0.3, -0.25) is 4.79 Å². The molecule has 0 atom stereocenters. The summed E-state index contributed by atoms with van der Waals surface area (Å²) in [5, 5.41) is 2.75. The van der Waals surface area contributed by atoms with Crippen LogP contribution in [0.25, 0.3) is 11.3 Å². The highest BCUT2D eigenvalue weighted by atomic mass is 79.9. The number of benzene rings is 2. The summed E-state index contributed by atoms with van der Waals surface area (Å²) in [6, 6.07) is 16.1. The van der Waals surface area contributed by atoms with Crippen molar-refractivity contribution in [1.29, 1.82) is 0 Å². The molecule has 122 valence electrons. The Morgan fingerprint density at radius 1 is 1.12 bits per heavy atom. The van der Waals surface area contributed by atoms with Gasteiger partial charge < -0.3 is 20.2 Å². The van der Waals surface area contributed by atoms with Crippen LogP contribution in [0.2, 0.25) is 0 Å². The number of methoxy groups -OCH3 is 1. The third kappa shape index (κ3) is 3.44. The van der Waals surface area contributed by atoms with Gasteiger partial charge in [-0.05, 0) is 42.5 Å². The standard InChI is InChI=1S/C18H15BrN2O3/c1-23-16-7-6-13(20)10-14(16)21-18(22)17-9-8-15(24-17)11-2-4-12(19)5-3-11/h2-10H,20H2,1H3,(H,21,22). The zero-order valence-electron chi connectivity index (χ0n) is 12.9. The number of amides is 1. The van der Waals surface area contributed by atoms with E-state index in [9.17, 15) is 4.79 Å². The SMILES string of the molecule is COc1ccc(N)cc1NC(=O)c1ccc(-c2ccc(Br)cc2)o1. The summed E-state index contributed by atoms with van der Waals surface area (Å²) in [4.78, 5) is 12.4. The summed E-state index contributed by atoms with van der Waals surface area (Å²) in [5.41, 5.74) is 7.66. The molecule has 2 aromatic carbocycles. The van der Waals surface area contributed by atoms with Crippen LogP contribution in [0.5, 0.6) is 5.75 Å². The number of hydrogen-bond donors (Lipinski definition) is 2. The molecule has 3 rings (SSSR count). The molecule has 0 aliphatic heterocycles. The lowest BCUT2D eigenvalue weighted by Gasteiger charge is -2.09. The highest BCUT2D eigenvalue weighted by molar-refractivity contribution is 9.10. The largest absolute Gasteiger partial charge is 0.495 e. The molecular formula is C18H15BrN2O3. The van der Waals surface area contributed by atoms with E-state index in [0.29, 0.717) is 22.9 Å². The molecule has 0 fully saturated rings. The van der Waals surface area contributed by atoms with Crippen LogP contribution in [0.4, 0.5) is 11.4 Å². The molecule has 0 aliphatic rings. The lowest BCUT2D eigenvalue weighted by atomic mass is 10.2. The van der Waals surface area contributed by atoms with Crippen molar-refractivity contribution < 1.29 is 13.9 Å². The molecule has 1 amide bonds. The monoisotopic (exact) mass is 386 g/mol. The molecule has 3 aromatic rings. The number of anilines is 2. The van der Waals surface area contributed by atoms with E-state index in [4.69, 9.17) is 14.9 Å². The van der Waals surface area contributed by atoms with Gasteiger partial charge in [0.05, 0.1) is 12.8 Å². The van der Waals surface area contributed by atoms with E-state index in [0.717, 1.165) is 10.0 Å². The first-order valence-corrected chi connectivity index (χ1v) is 7.97. The molecule has 0 bridgehead atoms. The fourth-order valence-corrected chi connectivity index (χ4v) is 2.50. The van der Waals surface area contributed by atoms with Crippen LogP contribution < -0.4 is 15.8 Å². The van der Waals surface area contributed by atoms with Gasteiger partial charge in [0, 0.05) is 15.7 Å². The van der Waals surface area contributed by atoms with Crippen LogP contribution in [0.1, 0.15) is 10.6 Å². The van der Waals surface area contributed by atoms with Crippen LogP contribution in [0, 0.1) is 0 Å². The number of hydrogen-bond acceptors (Lipinski definition) is 4. The fourth-order valence-electron chi connectivity index (χ4n) is 2.24. The second-order valence-corrected chi connectivity index (χ2v) is 6.00. The molecule has 0 radical (unpaired) electrons. The fraction of sp³-hybridized carbons (Fsp3) is 0.0556. The minimum absolute atomic E-state index is 0.206. The average molecular weight is 387 g/mol. The van der Waals surface area contributed by atoms with Gasteiger partial charge in [0.1, 0.15) is 11.5 Å². The van der Waals surface area contributed by atoms with Gasteiger partial charge in [-0.25, -0.2) is 0 Å². The lowest BCUT2D eigenvalue weighted by molar-refractivity contribution is 0.0997. The van der Waals surface area contributed by atoms with E-state index >= 15 is 0 Å². The number of nitrogens with two attached hydrogens (primary N) is 1. The minimum Gasteiger partial charge on any atom is -0.495 e. The Morgan fingerprint density at radius 3 is 2.58 bits per heavy atom. The molecule has 0 unspecified atom stereocenters. The first-order chi connectivity index (χ1) is 11.6.